The van der Waals surface area contributed by atoms with E-state index in [9.17, 15) is 9.00 Å². The fourth-order valence-electron chi connectivity index (χ4n) is 1.19. The van der Waals surface area contributed by atoms with Crippen molar-refractivity contribution in [1.29, 1.82) is 0 Å². The molecule has 0 spiro atoms. The first-order valence-electron chi connectivity index (χ1n) is 4.83. The predicted molar refractivity (Wildman–Crippen MR) is 64.1 cm³/mol. The summed E-state index contributed by atoms with van der Waals surface area (Å²) in [5, 5.41) is 8.78. The van der Waals surface area contributed by atoms with E-state index in [1.807, 2.05) is 0 Å². The predicted octanol–water partition coefficient (Wildman–Crippen LogP) is 2.56. The Morgan fingerprint density at radius 1 is 1.38 bits per heavy atom. The maximum absolute atomic E-state index is 12.1. The molecule has 0 aliphatic carbocycles. The van der Waals surface area contributed by atoms with E-state index >= 15 is 0 Å². The molecule has 0 aromatic heterocycles. The van der Waals surface area contributed by atoms with Crippen LogP contribution in [0, 0.1) is 5.92 Å². The lowest BCUT2D eigenvalue weighted by Crippen LogP contribution is -2.27. The van der Waals surface area contributed by atoms with E-state index in [2.05, 4.69) is 0 Å². The highest BCUT2D eigenvalue weighted by Gasteiger charge is 2.26. The van der Waals surface area contributed by atoms with Crippen LogP contribution in [0.15, 0.2) is 29.2 Å². The summed E-state index contributed by atoms with van der Waals surface area (Å²) in [6, 6.07) is 6.78. The smallest absolute Gasteiger partial charge is 0.307 e. The van der Waals surface area contributed by atoms with Crippen LogP contribution < -0.4 is 0 Å². The first-order chi connectivity index (χ1) is 7.45. The molecule has 3 nitrogen and oxygen atoms in total. The van der Waals surface area contributed by atoms with Crippen molar-refractivity contribution >= 4 is 28.4 Å². The lowest BCUT2D eigenvalue weighted by atomic mass is 10.1. The van der Waals surface area contributed by atoms with Crippen molar-refractivity contribution in [2.75, 3.05) is 0 Å². The highest BCUT2D eigenvalue weighted by molar-refractivity contribution is 7.85. The van der Waals surface area contributed by atoms with Crippen LogP contribution in [0.5, 0.6) is 0 Å². The van der Waals surface area contributed by atoms with Gasteiger partial charge in [0.05, 0.1) is 26.6 Å². The molecular weight excluding hydrogens is 248 g/mol. The Bertz CT molecular complexity index is 419. The van der Waals surface area contributed by atoms with Gasteiger partial charge < -0.3 is 5.11 Å². The number of rotatable bonds is 4. The molecule has 0 aliphatic rings. The Kier molecular flexibility index (Phi) is 4.50. The van der Waals surface area contributed by atoms with Crippen LogP contribution in [0.2, 0.25) is 5.02 Å². The maximum atomic E-state index is 12.1. The molecule has 88 valence electrons. The highest BCUT2D eigenvalue weighted by atomic mass is 35.5. The lowest BCUT2D eigenvalue weighted by molar-refractivity contribution is -0.141. The third-order valence-corrected chi connectivity index (χ3v) is 4.80. The zero-order valence-corrected chi connectivity index (χ0v) is 10.6. The van der Waals surface area contributed by atoms with E-state index in [0.717, 1.165) is 0 Å². The largest absolute Gasteiger partial charge is 0.481 e. The van der Waals surface area contributed by atoms with Crippen LogP contribution in [0.4, 0.5) is 0 Å². The summed E-state index contributed by atoms with van der Waals surface area (Å²) >= 11 is 5.91. The molecule has 3 unspecified atom stereocenters. The van der Waals surface area contributed by atoms with Crippen molar-refractivity contribution < 1.29 is 14.1 Å². The Morgan fingerprint density at radius 2 is 1.94 bits per heavy atom. The van der Waals surface area contributed by atoms with E-state index in [-0.39, 0.29) is 0 Å². The van der Waals surface area contributed by atoms with Crippen molar-refractivity contribution in [3.8, 4) is 0 Å². The highest BCUT2D eigenvalue weighted by Crippen LogP contribution is 2.24. The molecule has 1 N–H and O–H groups in total. The van der Waals surface area contributed by atoms with Gasteiger partial charge >= 0.3 is 5.97 Å². The molecule has 1 aromatic rings. The van der Waals surface area contributed by atoms with Crippen LogP contribution in [0.3, 0.4) is 0 Å². The zero-order valence-electron chi connectivity index (χ0n) is 9.01. The number of halogens is 1. The summed E-state index contributed by atoms with van der Waals surface area (Å²) in [5.74, 6) is -1.62. The fourth-order valence-corrected chi connectivity index (χ4v) is 2.92. The second kappa shape index (κ2) is 5.46. The number of benzene rings is 1. The average Bonchev–Trinajstić information content (AvgIpc) is 2.26. The molecule has 0 fully saturated rings. The van der Waals surface area contributed by atoms with Crippen LogP contribution in [-0.4, -0.2) is 20.5 Å². The number of hydrogen-bond acceptors (Lipinski definition) is 2. The molecule has 1 rings (SSSR count). The van der Waals surface area contributed by atoms with Crippen LogP contribution in [-0.2, 0) is 15.6 Å². The van der Waals surface area contributed by atoms with E-state index in [0.29, 0.717) is 9.92 Å². The van der Waals surface area contributed by atoms with Crippen molar-refractivity contribution in [2.45, 2.75) is 24.0 Å². The van der Waals surface area contributed by atoms with Crippen LogP contribution >= 0.6 is 11.6 Å². The van der Waals surface area contributed by atoms with Gasteiger partial charge in [0.25, 0.3) is 0 Å². The number of carbonyl (C=O) groups is 1. The van der Waals surface area contributed by atoms with Gasteiger partial charge in [0.1, 0.15) is 0 Å². The molecular formula is C11H13ClO3S. The van der Waals surface area contributed by atoms with Gasteiger partial charge in [-0.25, -0.2) is 0 Å². The lowest BCUT2D eigenvalue weighted by Gasteiger charge is -2.16. The van der Waals surface area contributed by atoms with Gasteiger partial charge in [0.2, 0.25) is 0 Å². The molecule has 0 aliphatic heterocycles. The van der Waals surface area contributed by atoms with Gasteiger partial charge in [-0.15, -0.1) is 0 Å². The Hall–Kier alpha value is -0.870. The van der Waals surface area contributed by atoms with Crippen LogP contribution in [0.25, 0.3) is 0 Å². The van der Waals surface area contributed by atoms with Gasteiger partial charge in [-0.2, -0.15) is 0 Å². The molecule has 3 atom stereocenters. The fraction of sp³-hybridized carbons (Fsp3) is 0.364. The molecule has 0 bridgehead atoms. The standard InChI is InChI=1S/C11H13ClO3S/c1-7(11(13)14)8(2)16(15)10-6-4-3-5-9(10)12/h3-8H,1-2H3,(H,13,14). The van der Waals surface area contributed by atoms with E-state index < -0.39 is 27.9 Å². The van der Waals surface area contributed by atoms with Crippen molar-refractivity contribution in [2.24, 2.45) is 5.92 Å². The minimum absolute atomic E-state index is 0.408. The van der Waals surface area contributed by atoms with E-state index in [1.54, 1.807) is 38.1 Å². The second-order valence-corrected chi connectivity index (χ2v) is 5.75. The summed E-state index contributed by atoms with van der Waals surface area (Å²) in [7, 11) is -1.40. The number of carboxylic acids is 1. The topological polar surface area (TPSA) is 54.4 Å². The number of hydrogen-bond donors (Lipinski definition) is 1. The van der Waals surface area contributed by atoms with E-state index in [4.69, 9.17) is 16.7 Å². The Labute approximate surface area is 102 Å². The molecule has 0 radical (unpaired) electrons. The van der Waals surface area contributed by atoms with Crippen molar-refractivity contribution in [1.82, 2.24) is 0 Å². The average molecular weight is 261 g/mol. The maximum Gasteiger partial charge on any atom is 0.307 e. The summed E-state index contributed by atoms with van der Waals surface area (Å²) in [6.07, 6.45) is 0. The zero-order chi connectivity index (χ0) is 12.3. The van der Waals surface area contributed by atoms with E-state index in [1.165, 1.54) is 0 Å². The SMILES string of the molecule is CC(C(=O)O)C(C)S(=O)c1ccccc1Cl. The quantitative estimate of drug-likeness (QED) is 0.905. The second-order valence-electron chi connectivity index (χ2n) is 3.56. The number of aliphatic carboxylic acids is 1. The molecule has 5 heteroatoms. The minimum Gasteiger partial charge on any atom is -0.481 e. The van der Waals surface area contributed by atoms with Gasteiger partial charge in [-0.05, 0) is 19.1 Å². The minimum atomic E-state index is -1.40. The summed E-state index contributed by atoms with van der Waals surface area (Å²) < 4.78 is 12.1. The van der Waals surface area contributed by atoms with Gasteiger partial charge in [-0.1, -0.05) is 30.7 Å². The molecule has 0 heterocycles. The monoisotopic (exact) mass is 260 g/mol. The van der Waals surface area contributed by atoms with Crippen LogP contribution in [0.1, 0.15) is 13.8 Å². The number of carboxylic acid groups (broad SMARTS) is 1. The molecule has 16 heavy (non-hydrogen) atoms. The normalized spacial score (nSPS) is 16.4. The Morgan fingerprint density at radius 3 is 2.44 bits per heavy atom. The first kappa shape index (κ1) is 13.2. The molecule has 0 saturated heterocycles. The molecule has 0 amide bonds. The summed E-state index contributed by atoms with van der Waals surface area (Å²) in [6.45, 7) is 3.19. The summed E-state index contributed by atoms with van der Waals surface area (Å²) in [5.41, 5.74) is 0. The van der Waals surface area contributed by atoms with Crippen molar-refractivity contribution in [3.63, 3.8) is 0 Å². The van der Waals surface area contributed by atoms with Gasteiger partial charge in [-0.3, -0.25) is 9.00 Å². The third kappa shape index (κ3) is 2.83. The van der Waals surface area contributed by atoms with Crippen molar-refractivity contribution in [3.05, 3.63) is 29.3 Å². The van der Waals surface area contributed by atoms with Gasteiger partial charge in [0, 0.05) is 5.25 Å². The third-order valence-electron chi connectivity index (χ3n) is 2.48. The summed E-state index contributed by atoms with van der Waals surface area (Å²) in [4.78, 5) is 11.3. The molecule has 1 aromatic carbocycles. The Balaban J connectivity index is 2.95. The first-order valence-corrected chi connectivity index (χ1v) is 6.42. The molecule has 0 saturated carbocycles. The van der Waals surface area contributed by atoms with Gasteiger partial charge in [0.15, 0.2) is 0 Å².